The Morgan fingerprint density at radius 2 is 2.30 bits per heavy atom. The number of rotatable bonds is 4. The number of carbonyl (C=O) groups is 1. The summed E-state index contributed by atoms with van der Waals surface area (Å²) in [5.74, 6) is 0.191. The maximum absolute atomic E-state index is 10.9. The van der Waals surface area contributed by atoms with Gasteiger partial charge in [0.15, 0.2) is 0 Å². The first-order valence-electron chi connectivity index (χ1n) is 3.17. The number of hydrogen-bond donors (Lipinski definition) is 1. The maximum atomic E-state index is 10.9. The lowest BCUT2D eigenvalue weighted by molar-refractivity contribution is -0.126. The van der Waals surface area contributed by atoms with Gasteiger partial charge in [-0.15, -0.1) is 0 Å². The number of nitrogens with one attached hydrogen (secondary N) is 1. The third-order valence-corrected chi connectivity index (χ3v) is 1.89. The molecule has 0 fully saturated rings. The van der Waals surface area contributed by atoms with Crippen LogP contribution < -0.4 is 5.32 Å². The van der Waals surface area contributed by atoms with Crippen molar-refractivity contribution in [3.63, 3.8) is 0 Å². The van der Waals surface area contributed by atoms with E-state index < -0.39 is 0 Å². The van der Waals surface area contributed by atoms with Gasteiger partial charge < -0.3 is 10.2 Å². The molecule has 0 aromatic heterocycles. The number of carbonyl (C=O) groups excluding carboxylic acids is 1. The van der Waals surface area contributed by atoms with Gasteiger partial charge >= 0.3 is 0 Å². The molecular weight excluding hydrogens is 243 g/mol. The standard InChI is InChI=1S/C6H13IN2O/c1-8-3-4-9(2)6(10)5-7/h8H,3-5H2,1-2H3. The van der Waals surface area contributed by atoms with E-state index in [9.17, 15) is 4.79 Å². The van der Waals surface area contributed by atoms with E-state index in [0.29, 0.717) is 4.43 Å². The number of likely N-dealkylation sites (N-methyl/N-ethyl adjacent to an activating group) is 2. The molecule has 0 aromatic rings. The second-order valence-electron chi connectivity index (χ2n) is 2.05. The van der Waals surface area contributed by atoms with Gasteiger partial charge in [0.2, 0.25) is 5.91 Å². The molecule has 0 saturated carbocycles. The first-order chi connectivity index (χ1) is 4.72. The van der Waals surface area contributed by atoms with E-state index in [1.807, 2.05) is 14.1 Å². The van der Waals surface area contributed by atoms with Gasteiger partial charge in [-0.2, -0.15) is 0 Å². The van der Waals surface area contributed by atoms with Gasteiger partial charge in [-0.05, 0) is 7.05 Å². The third kappa shape index (κ3) is 4.05. The SMILES string of the molecule is CNCCN(C)C(=O)CI. The fraction of sp³-hybridized carbons (Fsp3) is 0.833. The molecule has 0 aliphatic rings. The largest absolute Gasteiger partial charge is 0.344 e. The minimum Gasteiger partial charge on any atom is -0.344 e. The molecule has 0 bridgehead atoms. The quantitative estimate of drug-likeness (QED) is 0.571. The van der Waals surface area contributed by atoms with Crippen molar-refractivity contribution >= 4 is 28.5 Å². The Balaban J connectivity index is 3.41. The van der Waals surface area contributed by atoms with E-state index in [1.165, 1.54) is 0 Å². The number of amides is 1. The predicted octanol–water partition coefficient (Wildman–Crippen LogP) is 0.0992. The zero-order valence-corrected chi connectivity index (χ0v) is 8.51. The van der Waals surface area contributed by atoms with Crippen LogP contribution in [0.25, 0.3) is 0 Å². The van der Waals surface area contributed by atoms with Gasteiger partial charge in [0.25, 0.3) is 0 Å². The van der Waals surface area contributed by atoms with Crippen LogP contribution in [0.15, 0.2) is 0 Å². The lowest BCUT2D eigenvalue weighted by Crippen LogP contribution is -2.33. The topological polar surface area (TPSA) is 32.3 Å². The van der Waals surface area contributed by atoms with Gasteiger partial charge in [0.05, 0.1) is 4.43 Å². The van der Waals surface area contributed by atoms with E-state index in [0.717, 1.165) is 13.1 Å². The molecule has 4 heteroatoms. The van der Waals surface area contributed by atoms with E-state index in [2.05, 4.69) is 27.9 Å². The number of hydrogen-bond acceptors (Lipinski definition) is 2. The highest BCUT2D eigenvalue weighted by atomic mass is 127. The zero-order valence-electron chi connectivity index (χ0n) is 6.35. The molecule has 60 valence electrons. The first-order valence-corrected chi connectivity index (χ1v) is 4.69. The van der Waals surface area contributed by atoms with Crippen molar-refractivity contribution in [3.8, 4) is 0 Å². The average molecular weight is 256 g/mol. The Labute approximate surface area is 75.3 Å². The predicted molar refractivity (Wildman–Crippen MR) is 50.5 cm³/mol. The van der Waals surface area contributed by atoms with Crippen molar-refractivity contribution in [2.45, 2.75) is 0 Å². The molecule has 1 amide bonds. The molecule has 0 spiro atoms. The molecule has 0 atom stereocenters. The number of alkyl halides is 1. The molecule has 1 N–H and O–H groups in total. The monoisotopic (exact) mass is 256 g/mol. The molecule has 0 saturated heterocycles. The minimum atomic E-state index is 0.191. The van der Waals surface area contributed by atoms with Crippen molar-refractivity contribution in [2.75, 3.05) is 31.6 Å². The number of nitrogens with zero attached hydrogens (tertiary/aromatic N) is 1. The smallest absolute Gasteiger partial charge is 0.232 e. The Kier molecular flexibility index (Phi) is 6.00. The summed E-state index contributed by atoms with van der Waals surface area (Å²) in [6.07, 6.45) is 0. The van der Waals surface area contributed by atoms with Gasteiger partial charge in [0.1, 0.15) is 0 Å². The highest BCUT2D eigenvalue weighted by Gasteiger charge is 2.03. The van der Waals surface area contributed by atoms with Gasteiger partial charge in [-0.3, -0.25) is 4.79 Å². The summed E-state index contributed by atoms with van der Waals surface area (Å²) in [6.45, 7) is 1.65. The summed E-state index contributed by atoms with van der Waals surface area (Å²) in [6, 6.07) is 0. The molecule has 0 heterocycles. The van der Waals surface area contributed by atoms with E-state index in [1.54, 1.807) is 4.90 Å². The summed E-state index contributed by atoms with van der Waals surface area (Å²) in [5, 5.41) is 2.98. The second-order valence-corrected chi connectivity index (χ2v) is 2.82. The van der Waals surface area contributed by atoms with Crippen molar-refractivity contribution < 1.29 is 4.79 Å². The summed E-state index contributed by atoms with van der Waals surface area (Å²) < 4.78 is 0.567. The highest BCUT2D eigenvalue weighted by Crippen LogP contribution is 1.88. The molecule has 3 nitrogen and oxygen atoms in total. The Morgan fingerprint density at radius 1 is 1.70 bits per heavy atom. The van der Waals surface area contributed by atoms with Crippen LogP contribution in [-0.4, -0.2) is 42.4 Å². The molecule has 10 heavy (non-hydrogen) atoms. The summed E-state index contributed by atoms with van der Waals surface area (Å²) in [4.78, 5) is 12.6. The molecule has 0 unspecified atom stereocenters. The fourth-order valence-electron chi connectivity index (χ4n) is 0.506. The molecule has 0 aromatic carbocycles. The molecule has 0 aliphatic carbocycles. The second kappa shape index (κ2) is 5.91. The van der Waals surface area contributed by atoms with Crippen LogP contribution in [0.3, 0.4) is 0 Å². The van der Waals surface area contributed by atoms with Crippen molar-refractivity contribution in [3.05, 3.63) is 0 Å². The van der Waals surface area contributed by atoms with Crippen LogP contribution in [0.5, 0.6) is 0 Å². The van der Waals surface area contributed by atoms with Gasteiger partial charge in [0, 0.05) is 20.1 Å². The van der Waals surface area contributed by atoms with Gasteiger partial charge in [-0.25, -0.2) is 0 Å². The van der Waals surface area contributed by atoms with E-state index >= 15 is 0 Å². The summed E-state index contributed by atoms with van der Waals surface area (Å²) in [7, 11) is 3.70. The molecular formula is C6H13IN2O. The lowest BCUT2D eigenvalue weighted by atomic mass is 10.5. The van der Waals surface area contributed by atoms with Crippen molar-refractivity contribution in [1.82, 2.24) is 10.2 Å². The highest BCUT2D eigenvalue weighted by molar-refractivity contribution is 14.1. The van der Waals surface area contributed by atoms with Crippen LogP contribution in [0, 0.1) is 0 Å². The Hall–Kier alpha value is 0.160. The maximum Gasteiger partial charge on any atom is 0.232 e. The van der Waals surface area contributed by atoms with Crippen LogP contribution in [0.1, 0.15) is 0 Å². The molecule has 0 radical (unpaired) electrons. The normalized spacial score (nSPS) is 9.50. The first kappa shape index (κ1) is 10.2. The summed E-state index contributed by atoms with van der Waals surface area (Å²) in [5.41, 5.74) is 0. The van der Waals surface area contributed by atoms with Crippen molar-refractivity contribution in [2.24, 2.45) is 0 Å². The van der Waals surface area contributed by atoms with E-state index in [-0.39, 0.29) is 5.91 Å². The molecule has 0 aliphatic heterocycles. The van der Waals surface area contributed by atoms with Crippen LogP contribution in [0.4, 0.5) is 0 Å². The zero-order chi connectivity index (χ0) is 7.98. The van der Waals surface area contributed by atoms with Crippen molar-refractivity contribution in [1.29, 1.82) is 0 Å². The average Bonchev–Trinajstić information content (AvgIpc) is 1.98. The fourth-order valence-corrected chi connectivity index (χ4v) is 1.09. The van der Waals surface area contributed by atoms with Crippen LogP contribution in [-0.2, 0) is 4.79 Å². The lowest BCUT2D eigenvalue weighted by Gasteiger charge is -2.14. The molecule has 0 rings (SSSR count). The Morgan fingerprint density at radius 3 is 2.70 bits per heavy atom. The van der Waals surface area contributed by atoms with Crippen LogP contribution in [0.2, 0.25) is 0 Å². The third-order valence-electron chi connectivity index (χ3n) is 1.24. The number of halogens is 1. The summed E-state index contributed by atoms with van der Waals surface area (Å²) >= 11 is 2.07. The van der Waals surface area contributed by atoms with E-state index in [4.69, 9.17) is 0 Å². The van der Waals surface area contributed by atoms with Gasteiger partial charge in [-0.1, -0.05) is 22.6 Å². The van der Waals surface area contributed by atoms with Crippen LogP contribution >= 0.6 is 22.6 Å². The minimum absolute atomic E-state index is 0.191. The Bertz CT molecular complexity index is 108.